The normalized spacial score (nSPS) is 8.40. The van der Waals surface area contributed by atoms with Gasteiger partial charge in [-0.3, -0.25) is 0 Å². The minimum atomic E-state index is 0.309. The quantitative estimate of drug-likeness (QED) is 0.374. The van der Waals surface area contributed by atoms with Gasteiger partial charge in [0.1, 0.15) is 0 Å². The number of hydrogen-bond acceptors (Lipinski definition) is 0. The lowest BCUT2D eigenvalue weighted by molar-refractivity contribution is 0.913. The maximum absolute atomic E-state index is 5.05. The molecule has 0 aromatic heterocycles. The summed E-state index contributed by atoms with van der Waals surface area (Å²) in [6.45, 7) is 0. The molecular weight excluding hydrogens is 109 g/mol. The number of halogens is 2. The Labute approximate surface area is 41.3 Å². The molecular formula is C2H4Cl2N. The zero-order valence-electron chi connectivity index (χ0n) is 2.62. The van der Waals surface area contributed by atoms with Gasteiger partial charge in [0.15, 0.2) is 0 Å². The van der Waals surface area contributed by atoms with Gasteiger partial charge < -0.3 is 0 Å². The Morgan fingerprint density at radius 1 is 1.20 bits per heavy atom. The first kappa shape index (κ1) is 5.54. The van der Waals surface area contributed by atoms with Crippen molar-refractivity contribution in [3.8, 4) is 0 Å². The fourth-order valence-electron chi connectivity index (χ4n) is 0.0319. The van der Waals surface area contributed by atoms with Crippen molar-refractivity contribution in [2.45, 2.75) is 0 Å². The third-order valence-electron chi connectivity index (χ3n) is 0.169. The first-order valence-corrected chi connectivity index (χ1v) is 2.24. The molecule has 3 heteroatoms. The van der Waals surface area contributed by atoms with Crippen LogP contribution in [0.5, 0.6) is 0 Å². The molecule has 0 aliphatic heterocycles. The van der Waals surface area contributed by atoms with Crippen molar-refractivity contribution in [2.75, 3.05) is 12.0 Å². The molecule has 0 aliphatic rings. The van der Waals surface area contributed by atoms with E-state index in [2.05, 4.69) is 5.32 Å². The highest BCUT2D eigenvalue weighted by Gasteiger charge is 1.70. The van der Waals surface area contributed by atoms with Crippen molar-refractivity contribution < 1.29 is 0 Å². The first-order chi connectivity index (χ1) is 2.41. The van der Waals surface area contributed by atoms with Crippen LogP contribution in [0, 0.1) is 0 Å². The van der Waals surface area contributed by atoms with E-state index in [-0.39, 0.29) is 0 Å². The second kappa shape index (κ2) is 4.54. The molecule has 0 bridgehead atoms. The molecule has 5 heavy (non-hydrogen) atoms. The molecule has 1 radical (unpaired) electrons. The Morgan fingerprint density at radius 2 is 1.60 bits per heavy atom. The van der Waals surface area contributed by atoms with Gasteiger partial charge in [-0.25, -0.2) is 5.32 Å². The zero-order chi connectivity index (χ0) is 4.12. The molecule has 0 atom stereocenters. The topological polar surface area (TPSA) is 14.1 Å². The predicted molar refractivity (Wildman–Crippen MR) is 23.6 cm³/mol. The van der Waals surface area contributed by atoms with E-state index < -0.39 is 0 Å². The Kier molecular flexibility index (Phi) is 5.03. The summed E-state index contributed by atoms with van der Waals surface area (Å²) in [5.74, 6) is 0. The van der Waals surface area contributed by atoms with Crippen LogP contribution in [0.15, 0.2) is 0 Å². The minimum absolute atomic E-state index is 0.309. The average molecular weight is 113 g/mol. The summed E-state index contributed by atoms with van der Waals surface area (Å²) in [5, 5.41) is 3.50. The van der Waals surface area contributed by atoms with E-state index >= 15 is 0 Å². The molecule has 0 amide bonds. The average Bonchev–Trinajstić information content (AvgIpc) is 1.41. The van der Waals surface area contributed by atoms with Gasteiger partial charge in [0.05, 0.1) is 12.0 Å². The minimum Gasteiger partial charge on any atom is -0.210 e. The molecule has 0 N–H and O–H groups in total. The lowest BCUT2D eigenvalue weighted by Crippen LogP contribution is -1.95. The van der Waals surface area contributed by atoms with Gasteiger partial charge in [-0.15, -0.1) is 23.2 Å². The van der Waals surface area contributed by atoms with Crippen LogP contribution in [-0.4, -0.2) is 12.0 Å². The van der Waals surface area contributed by atoms with E-state index in [1.165, 1.54) is 0 Å². The summed E-state index contributed by atoms with van der Waals surface area (Å²) in [7, 11) is 0. The molecule has 0 aromatic rings. The van der Waals surface area contributed by atoms with Gasteiger partial charge in [0, 0.05) is 0 Å². The van der Waals surface area contributed by atoms with Gasteiger partial charge in [-0.2, -0.15) is 0 Å². The van der Waals surface area contributed by atoms with Crippen LogP contribution in [0.25, 0.3) is 0 Å². The standard InChI is InChI=1S/C2H4Cl2N/c3-1-5-2-4/h1-2H2. The fourth-order valence-corrected chi connectivity index (χ4v) is 0.287. The van der Waals surface area contributed by atoms with Crippen molar-refractivity contribution in [2.24, 2.45) is 0 Å². The Hall–Kier alpha value is 0.540. The molecule has 0 aliphatic carbocycles. The summed E-state index contributed by atoms with van der Waals surface area (Å²) in [6.07, 6.45) is 0. The van der Waals surface area contributed by atoms with E-state index in [9.17, 15) is 0 Å². The van der Waals surface area contributed by atoms with E-state index in [1.54, 1.807) is 0 Å². The molecule has 0 spiro atoms. The van der Waals surface area contributed by atoms with Gasteiger partial charge in [-0.1, -0.05) is 0 Å². The molecule has 0 saturated carbocycles. The Balaban J connectivity index is 2.19. The highest BCUT2D eigenvalue weighted by atomic mass is 35.5. The van der Waals surface area contributed by atoms with Crippen LogP contribution in [0.4, 0.5) is 0 Å². The molecule has 0 unspecified atom stereocenters. The zero-order valence-corrected chi connectivity index (χ0v) is 4.13. The fraction of sp³-hybridized carbons (Fsp3) is 1.00. The van der Waals surface area contributed by atoms with Crippen LogP contribution >= 0.6 is 23.2 Å². The van der Waals surface area contributed by atoms with Crippen molar-refractivity contribution in [1.82, 2.24) is 5.32 Å². The summed E-state index contributed by atoms with van der Waals surface area (Å²) in [5.41, 5.74) is 0. The maximum atomic E-state index is 5.05. The molecule has 31 valence electrons. The lowest BCUT2D eigenvalue weighted by Gasteiger charge is -1.78. The monoisotopic (exact) mass is 112 g/mol. The summed E-state index contributed by atoms with van der Waals surface area (Å²) >= 11 is 10.1. The van der Waals surface area contributed by atoms with E-state index in [0.29, 0.717) is 12.0 Å². The smallest absolute Gasteiger partial charge is 0.0891 e. The van der Waals surface area contributed by atoms with Crippen molar-refractivity contribution in [3.63, 3.8) is 0 Å². The van der Waals surface area contributed by atoms with Gasteiger partial charge in [-0.05, 0) is 0 Å². The largest absolute Gasteiger partial charge is 0.210 e. The number of rotatable bonds is 2. The van der Waals surface area contributed by atoms with E-state index in [4.69, 9.17) is 23.2 Å². The molecule has 0 heterocycles. The Bertz CT molecular complexity index is 15.1. The van der Waals surface area contributed by atoms with Crippen LogP contribution < -0.4 is 5.32 Å². The van der Waals surface area contributed by atoms with Gasteiger partial charge in [0.25, 0.3) is 0 Å². The van der Waals surface area contributed by atoms with Gasteiger partial charge in [0.2, 0.25) is 0 Å². The molecule has 1 nitrogen and oxygen atoms in total. The summed E-state index contributed by atoms with van der Waals surface area (Å²) in [6, 6.07) is 0.618. The predicted octanol–water partition coefficient (Wildman–Crippen LogP) is 0.983. The Morgan fingerprint density at radius 3 is 1.60 bits per heavy atom. The maximum Gasteiger partial charge on any atom is 0.0891 e. The SMILES string of the molecule is ClC[N]CCl. The molecule has 0 saturated heterocycles. The number of alkyl halides is 2. The lowest BCUT2D eigenvalue weighted by atomic mass is 11.2. The number of nitrogens with zero attached hydrogens (tertiary/aromatic N) is 1. The highest BCUT2D eigenvalue weighted by molar-refractivity contribution is 6.19. The van der Waals surface area contributed by atoms with Crippen LogP contribution in [-0.2, 0) is 0 Å². The summed E-state index contributed by atoms with van der Waals surface area (Å²) in [4.78, 5) is 0. The second-order valence-corrected chi connectivity index (χ2v) is 0.941. The van der Waals surface area contributed by atoms with E-state index in [1.807, 2.05) is 0 Å². The first-order valence-electron chi connectivity index (χ1n) is 1.17. The van der Waals surface area contributed by atoms with Crippen LogP contribution in [0.3, 0.4) is 0 Å². The van der Waals surface area contributed by atoms with Crippen LogP contribution in [0.1, 0.15) is 0 Å². The molecule has 0 rings (SSSR count). The van der Waals surface area contributed by atoms with Crippen molar-refractivity contribution >= 4 is 23.2 Å². The van der Waals surface area contributed by atoms with Crippen LogP contribution in [0.2, 0.25) is 0 Å². The third kappa shape index (κ3) is 4.54. The van der Waals surface area contributed by atoms with Gasteiger partial charge >= 0.3 is 0 Å². The van der Waals surface area contributed by atoms with Crippen molar-refractivity contribution in [3.05, 3.63) is 0 Å². The number of hydrogen-bond donors (Lipinski definition) is 0. The van der Waals surface area contributed by atoms with E-state index in [0.717, 1.165) is 0 Å². The van der Waals surface area contributed by atoms with Crippen molar-refractivity contribution in [1.29, 1.82) is 0 Å². The summed E-state index contributed by atoms with van der Waals surface area (Å²) < 4.78 is 0. The molecule has 0 fully saturated rings. The third-order valence-corrected chi connectivity index (χ3v) is 0.507. The second-order valence-electron chi connectivity index (χ2n) is 0.463. The molecule has 0 aromatic carbocycles. The highest BCUT2D eigenvalue weighted by Crippen LogP contribution is 1.70.